The quantitative estimate of drug-likeness (QED) is 0.233. The number of aromatic nitrogens is 3. The molecule has 2 aromatic carbocycles. The molecule has 0 N–H and O–H groups in total. The summed E-state index contributed by atoms with van der Waals surface area (Å²) in [6, 6.07) is 18.9. The minimum atomic E-state index is -0.213. The number of nitrogens with zero attached hydrogens (tertiary/aromatic N) is 4. The van der Waals surface area contributed by atoms with E-state index in [1.165, 1.54) is 27.7 Å². The van der Waals surface area contributed by atoms with Gasteiger partial charge in [0.2, 0.25) is 0 Å². The number of hydrogen-bond acceptors (Lipinski definition) is 7. The molecule has 2 heterocycles. The van der Waals surface area contributed by atoms with Gasteiger partial charge < -0.3 is 4.74 Å². The molecule has 0 amide bonds. The van der Waals surface area contributed by atoms with Gasteiger partial charge in [-0.2, -0.15) is 5.26 Å². The van der Waals surface area contributed by atoms with E-state index in [1.54, 1.807) is 4.57 Å². The van der Waals surface area contributed by atoms with E-state index in [1.807, 2.05) is 61.5 Å². The Morgan fingerprint density at radius 1 is 1.17 bits per heavy atom. The van der Waals surface area contributed by atoms with E-state index < -0.39 is 0 Å². The second kappa shape index (κ2) is 8.83. The van der Waals surface area contributed by atoms with Crippen molar-refractivity contribution in [2.24, 2.45) is 0 Å². The van der Waals surface area contributed by atoms with Gasteiger partial charge in [0, 0.05) is 0 Å². The predicted octanol–water partition coefficient (Wildman–Crippen LogP) is 4.98. The van der Waals surface area contributed by atoms with Crippen LogP contribution in [0.4, 0.5) is 0 Å². The van der Waals surface area contributed by atoms with Crippen molar-refractivity contribution in [3.8, 4) is 23.2 Å². The fourth-order valence-corrected chi connectivity index (χ4v) is 5.02. The first kappa shape index (κ1) is 20.3. The van der Waals surface area contributed by atoms with Crippen molar-refractivity contribution in [3.05, 3.63) is 68.9 Å². The normalized spacial score (nSPS) is 10.8. The summed E-state index contributed by atoms with van der Waals surface area (Å²) in [5.74, 6) is 0.835. The molecule has 0 fully saturated rings. The number of fused-ring (bicyclic) bond motifs is 1. The largest absolute Gasteiger partial charge is 0.492 e. The van der Waals surface area contributed by atoms with Gasteiger partial charge in [-0.15, -0.1) is 0 Å². The number of para-hydroxylation sites is 3. The van der Waals surface area contributed by atoms with E-state index in [0.29, 0.717) is 37.5 Å². The first-order chi connectivity index (χ1) is 14.7. The molecule has 0 aliphatic rings. The second-order valence-corrected chi connectivity index (χ2v) is 8.66. The van der Waals surface area contributed by atoms with Crippen LogP contribution in [0.3, 0.4) is 0 Å². The summed E-state index contributed by atoms with van der Waals surface area (Å²) in [4.78, 5) is 18.2. The van der Waals surface area contributed by atoms with Gasteiger partial charge in [-0.3, -0.25) is 13.9 Å². The van der Waals surface area contributed by atoms with E-state index in [9.17, 15) is 4.79 Å². The Hall–Kier alpha value is -2.93. The number of benzene rings is 2. The maximum Gasteiger partial charge on any atom is 0.278 e. The van der Waals surface area contributed by atoms with E-state index in [-0.39, 0.29) is 11.3 Å². The highest BCUT2D eigenvalue weighted by Gasteiger charge is 2.20. The molecule has 0 unspecified atom stereocenters. The Labute approximate surface area is 186 Å². The maximum absolute atomic E-state index is 13.5. The van der Waals surface area contributed by atoms with Crippen LogP contribution in [0.5, 0.6) is 5.75 Å². The Bertz CT molecular complexity index is 1370. The van der Waals surface area contributed by atoms with Crippen molar-refractivity contribution in [2.45, 2.75) is 12.1 Å². The molecule has 2 aromatic heterocycles. The summed E-state index contributed by atoms with van der Waals surface area (Å²) >= 11 is 8.04. The van der Waals surface area contributed by atoms with Crippen LogP contribution < -0.4 is 10.3 Å². The van der Waals surface area contributed by atoms with Crippen LogP contribution in [-0.2, 0) is 0 Å². The molecule has 4 rings (SSSR count). The summed E-state index contributed by atoms with van der Waals surface area (Å²) < 4.78 is 10.0. The molecule has 0 atom stereocenters. The Morgan fingerprint density at radius 3 is 2.63 bits per heavy atom. The van der Waals surface area contributed by atoms with Crippen molar-refractivity contribution in [3.63, 3.8) is 0 Å². The van der Waals surface area contributed by atoms with Crippen LogP contribution in [0.1, 0.15) is 6.92 Å². The van der Waals surface area contributed by atoms with E-state index in [0.717, 1.165) is 5.69 Å². The SMILES string of the molecule is CCOc1ccccc1-n1c(=S)sc2c(=O)n(-c3ccccc3)c(SCC#N)nc21. The number of ether oxygens (including phenoxy) is 1. The number of rotatable bonds is 6. The molecule has 6 nitrogen and oxygen atoms in total. The van der Waals surface area contributed by atoms with Crippen molar-refractivity contribution in [1.82, 2.24) is 14.1 Å². The van der Waals surface area contributed by atoms with Crippen molar-refractivity contribution >= 4 is 45.7 Å². The standard InChI is InChI=1S/C21H16N4O2S3/c1-2-27-16-11-7-6-10-15(16)25-18-17(30-21(25)28)19(26)24(14-8-4-3-5-9-14)20(23-18)29-13-12-22/h3-11H,2,13H2,1H3. The zero-order valence-corrected chi connectivity index (χ0v) is 18.4. The summed E-state index contributed by atoms with van der Waals surface area (Å²) in [5, 5.41) is 9.52. The minimum absolute atomic E-state index is 0.172. The van der Waals surface area contributed by atoms with Gasteiger partial charge in [0.25, 0.3) is 5.56 Å². The van der Waals surface area contributed by atoms with E-state index in [2.05, 4.69) is 6.07 Å². The lowest BCUT2D eigenvalue weighted by molar-refractivity contribution is 0.339. The number of thiazole rings is 1. The molecule has 0 bridgehead atoms. The van der Waals surface area contributed by atoms with Crippen LogP contribution >= 0.6 is 35.3 Å². The van der Waals surface area contributed by atoms with Gasteiger partial charge >= 0.3 is 0 Å². The third-order valence-electron chi connectivity index (χ3n) is 4.26. The highest BCUT2D eigenvalue weighted by atomic mass is 32.2. The molecule has 9 heteroatoms. The molecule has 30 heavy (non-hydrogen) atoms. The molecule has 150 valence electrons. The molecule has 0 spiro atoms. The zero-order valence-electron chi connectivity index (χ0n) is 15.9. The molecule has 0 aliphatic carbocycles. The number of thioether (sulfide) groups is 1. The molecule has 0 radical (unpaired) electrons. The van der Waals surface area contributed by atoms with Gasteiger partial charge in [0.05, 0.1) is 29.8 Å². The van der Waals surface area contributed by atoms with E-state index >= 15 is 0 Å². The lowest BCUT2D eigenvalue weighted by atomic mass is 10.3. The molecule has 0 aliphatic heterocycles. The molecule has 0 saturated heterocycles. The topological polar surface area (TPSA) is 72.8 Å². The molecular formula is C21H16N4O2S3. The first-order valence-electron chi connectivity index (χ1n) is 9.11. The summed E-state index contributed by atoms with van der Waals surface area (Å²) in [6.07, 6.45) is 0. The fraction of sp³-hybridized carbons (Fsp3) is 0.143. The number of hydrogen-bond donors (Lipinski definition) is 0. The van der Waals surface area contributed by atoms with Crippen LogP contribution in [0.2, 0.25) is 0 Å². The highest BCUT2D eigenvalue weighted by Crippen LogP contribution is 2.31. The third-order valence-corrected chi connectivity index (χ3v) is 6.42. The second-order valence-electron chi connectivity index (χ2n) is 6.07. The maximum atomic E-state index is 13.5. The first-order valence-corrected chi connectivity index (χ1v) is 11.3. The lowest BCUT2D eigenvalue weighted by Crippen LogP contribution is -2.21. The smallest absolute Gasteiger partial charge is 0.278 e. The Kier molecular flexibility index (Phi) is 5.99. The van der Waals surface area contributed by atoms with Crippen LogP contribution in [0.25, 0.3) is 21.7 Å². The zero-order chi connectivity index (χ0) is 21.1. The van der Waals surface area contributed by atoms with E-state index in [4.69, 9.17) is 27.2 Å². The van der Waals surface area contributed by atoms with Crippen LogP contribution in [-0.4, -0.2) is 26.5 Å². The number of nitriles is 1. The average molecular weight is 453 g/mol. The fourth-order valence-electron chi connectivity index (χ4n) is 3.07. The van der Waals surface area contributed by atoms with Gasteiger partial charge in [0.1, 0.15) is 10.4 Å². The minimum Gasteiger partial charge on any atom is -0.492 e. The van der Waals surface area contributed by atoms with Gasteiger partial charge in [-0.1, -0.05) is 53.4 Å². The lowest BCUT2D eigenvalue weighted by Gasteiger charge is -2.13. The monoisotopic (exact) mass is 452 g/mol. The molecule has 4 aromatic rings. The third kappa shape index (κ3) is 3.65. The van der Waals surface area contributed by atoms with Crippen molar-refractivity contribution < 1.29 is 4.74 Å². The summed E-state index contributed by atoms with van der Waals surface area (Å²) in [6.45, 7) is 2.42. The Morgan fingerprint density at radius 2 is 1.90 bits per heavy atom. The highest BCUT2D eigenvalue weighted by molar-refractivity contribution is 7.99. The van der Waals surface area contributed by atoms with Crippen LogP contribution in [0.15, 0.2) is 64.5 Å². The predicted molar refractivity (Wildman–Crippen MR) is 123 cm³/mol. The van der Waals surface area contributed by atoms with Crippen molar-refractivity contribution in [1.29, 1.82) is 5.26 Å². The van der Waals surface area contributed by atoms with Gasteiger partial charge in [-0.25, -0.2) is 4.98 Å². The average Bonchev–Trinajstić information content (AvgIpc) is 3.09. The van der Waals surface area contributed by atoms with Gasteiger partial charge in [0.15, 0.2) is 14.8 Å². The Balaban J connectivity index is 2.04. The van der Waals surface area contributed by atoms with Gasteiger partial charge in [-0.05, 0) is 43.4 Å². The molecular weight excluding hydrogens is 436 g/mol. The van der Waals surface area contributed by atoms with Crippen molar-refractivity contribution in [2.75, 3.05) is 12.4 Å². The molecule has 0 saturated carbocycles. The summed E-state index contributed by atoms with van der Waals surface area (Å²) in [5.41, 5.74) is 1.68. The van der Waals surface area contributed by atoms with Crippen LogP contribution in [0, 0.1) is 15.3 Å². The summed E-state index contributed by atoms with van der Waals surface area (Å²) in [7, 11) is 0.